The summed E-state index contributed by atoms with van der Waals surface area (Å²) in [5.74, 6) is 0. The molecule has 0 atom stereocenters. The summed E-state index contributed by atoms with van der Waals surface area (Å²) in [6.45, 7) is 12.2. The summed E-state index contributed by atoms with van der Waals surface area (Å²) in [4.78, 5) is 14.7. The van der Waals surface area contributed by atoms with Crippen LogP contribution in [0.2, 0.25) is 0 Å². The Kier molecular flexibility index (Phi) is 4.42. The molecule has 0 aliphatic carbocycles. The molecule has 0 saturated heterocycles. The average molecular weight is 278 g/mol. The Morgan fingerprint density at radius 1 is 1.21 bits per heavy atom. The Bertz CT molecular complexity index is 623. The fourth-order valence-corrected chi connectivity index (χ4v) is 3.64. The van der Waals surface area contributed by atoms with Crippen LogP contribution in [0.4, 0.5) is 0 Å². The Morgan fingerprint density at radius 3 is 2.53 bits per heavy atom. The number of nitrogens with zero attached hydrogens (tertiary/aromatic N) is 2. The molecule has 0 bridgehead atoms. The molecule has 1 aromatic heterocycles. The fourth-order valence-electron chi connectivity index (χ4n) is 2.48. The van der Waals surface area contributed by atoms with Crippen LogP contribution < -0.4 is 5.56 Å². The first-order chi connectivity index (χ1) is 9.06. The number of rotatable bonds is 5. The van der Waals surface area contributed by atoms with Gasteiger partial charge in [-0.3, -0.25) is 8.75 Å². The van der Waals surface area contributed by atoms with Crippen LogP contribution in [0.25, 0.3) is 10.1 Å². The Morgan fingerprint density at radius 2 is 1.89 bits per heavy atom. The van der Waals surface area contributed by atoms with Crippen molar-refractivity contribution in [3.05, 3.63) is 33.6 Å². The third kappa shape index (κ3) is 2.90. The van der Waals surface area contributed by atoms with E-state index >= 15 is 0 Å². The predicted octanol–water partition coefficient (Wildman–Crippen LogP) is 3.02. The molecule has 3 nitrogen and oxygen atoms in total. The van der Waals surface area contributed by atoms with Gasteiger partial charge in [0, 0.05) is 13.1 Å². The van der Waals surface area contributed by atoms with E-state index in [2.05, 4.69) is 37.8 Å². The maximum atomic E-state index is 12.4. The lowest BCUT2D eigenvalue weighted by molar-refractivity contribution is 0.293. The highest BCUT2D eigenvalue weighted by Crippen LogP contribution is 2.22. The largest absolute Gasteiger partial charge is 0.302 e. The highest BCUT2D eigenvalue weighted by atomic mass is 32.1. The van der Waals surface area contributed by atoms with E-state index in [0.29, 0.717) is 0 Å². The second-order valence-corrected chi connectivity index (χ2v) is 6.04. The first kappa shape index (κ1) is 14.3. The number of hydrogen-bond donors (Lipinski definition) is 0. The number of hydrogen-bond acceptors (Lipinski definition) is 3. The first-order valence-electron chi connectivity index (χ1n) is 6.90. The van der Waals surface area contributed by atoms with E-state index < -0.39 is 0 Å². The summed E-state index contributed by atoms with van der Waals surface area (Å²) < 4.78 is 3.01. The number of benzene rings is 1. The molecule has 0 spiro atoms. The van der Waals surface area contributed by atoms with E-state index in [0.717, 1.165) is 41.8 Å². The molecule has 2 aromatic rings. The monoisotopic (exact) mass is 278 g/mol. The molecule has 19 heavy (non-hydrogen) atoms. The first-order valence-corrected chi connectivity index (χ1v) is 7.67. The molecule has 0 N–H and O–H groups in total. The summed E-state index contributed by atoms with van der Waals surface area (Å²) in [5, 5.41) is 0.898. The van der Waals surface area contributed by atoms with Crippen LogP contribution in [0, 0.1) is 13.8 Å². The molecule has 1 heterocycles. The minimum absolute atomic E-state index is 0.171. The van der Waals surface area contributed by atoms with Crippen molar-refractivity contribution in [1.82, 2.24) is 8.86 Å². The predicted molar refractivity (Wildman–Crippen MR) is 83.3 cm³/mol. The van der Waals surface area contributed by atoms with E-state index in [4.69, 9.17) is 0 Å². The zero-order valence-corrected chi connectivity index (χ0v) is 13.0. The van der Waals surface area contributed by atoms with Crippen molar-refractivity contribution in [3.8, 4) is 0 Å². The molecule has 0 radical (unpaired) electrons. The molecule has 0 aliphatic rings. The molecule has 104 valence electrons. The third-order valence-corrected chi connectivity index (χ3v) is 4.69. The van der Waals surface area contributed by atoms with Crippen molar-refractivity contribution >= 4 is 21.6 Å². The summed E-state index contributed by atoms with van der Waals surface area (Å²) in [6.07, 6.45) is 0. The molecule has 0 unspecified atom stereocenters. The maximum absolute atomic E-state index is 12.4. The van der Waals surface area contributed by atoms with Gasteiger partial charge in [0.2, 0.25) is 0 Å². The van der Waals surface area contributed by atoms with Crippen LogP contribution >= 0.6 is 11.5 Å². The lowest BCUT2D eigenvalue weighted by Crippen LogP contribution is -2.29. The molecular formula is C15H22N2OS. The zero-order chi connectivity index (χ0) is 14.0. The lowest BCUT2D eigenvalue weighted by atomic mass is 10.1. The maximum Gasteiger partial charge on any atom is 0.268 e. The molecule has 0 amide bonds. The van der Waals surface area contributed by atoms with Gasteiger partial charge in [-0.05, 0) is 44.1 Å². The van der Waals surface area contributed by atoms with Crippen LogP contribution in [0.1, 0.15) is 25.0 Å². The van der Waals surface area contributed by atoms with Gasteiger partial charge < -0.3 is 4.90 Å². The summed E-state index contributed by atoms with van der Waals surface area (Å²) in [7, 11) is 0. The SMILES string of the molecule is CCN(CC)CCn1sc2cc(C)cc(C)c2c1=O. The van der Waals surface area contributed by atoms with Gasteiger partial charge in [-0.1, -0.05) is 31.4 Å². The van der Waals surface area contributed by atoms with Crippen LogP contribution in [-0.4, -0.2) is 28.5 Å². The zero-order valence-electron chi connectivity index (χ0n) is 12.2. The summed E-state index contributed by atoms with van der Waals surface area (Å²) >= 11 is 1.59. The van der Waals surface area contributed by atoms with Crippen molar-refractivity contribution in [2.24, 2.45) is 0 Å². The van der Waals surface area contributed by atoms with Gasteiger partial charge in [-0.2, -0.15) is 0 Å². The smallest absolute Gasteiger partial charge is 0.268 e. The van der Waals surface area contributed by atoms with Gasteiger partial charge in [0.25, 0.3) is 5.56 Å². The average Bonchev–Trinajstić information content (AvgIpc) is 2.67. The lowest BCUT2D eigenvalue weighted by Gasteiger charge is -2.17. The van der Waals surface area contributed by atoms with E-state index in [-0.39, 0.29) is 5.56 Å². The number of aryl methyl sites for hydroxylation is 2. The van der Waals surface area contributed by atoms with Gasteiger partial charge >= 0.3 is 0 Å². The fraction of sp³-hybridized carbons (Fsp3) is 0.533. The summed E-state index contributed by atoms with van der Waals surface area (Å²) in [5.41, 5.74) is 2.49. The van der Waals surface area contributed by atoms with Crippen molar-refractivity contribution in [1.29, 1.82) is 0 Å². The highest BCUT2D eigenvalue weighted by molar-refractivity contribution is 7.13. The molecule has 0 fully saturated rings. The van der Waals surface area contributed by atoms with Crippen LogP contribution in [0.5, 0.6) is 0 Å². The van der Waals surface area contributed by atoms with E-state index in [9.17, 15) is 4.79 Å². The van der Waals surface area contributed by atoms with E-state index in [1.54, 1.807) is 11.5 Å². The topological polar surface area (TPSA) is 25.2 Å². The van der Waals surface area contributed by atoms with Crippen molar-refractivity contribution in [2.75, 3.05) is 19.6 Å². The van der Waals surface area contributed by atoms with Gasteiger partial charge in [-0.25, -0.2) is 0 Å². The van der Waals surface area contributed by atoms with Crippen LogP contribution in [0.3, 0.4) is 0 Å². The highest BCUT2D eigenvalue weighted by Gasteiger charge is 2.11. The number of aromatic nitrogens is 1. The minimum Gasteiger partial charge on any atom is -0.302 e. The Hall–Kier alpha value is -1.13. The quantitative estimate of drug-likeness (QED) is 0.840. The van der Waals surface area contributed by atoms with Crippen LogP contribution in [0.15, 0.2) is 16.9 Å². The van der Waals surface area contributed by atoms with Crippen molar-refractivity contribution in [2.45, 2.75) is 34.2 Å². The Labute approximate surface area is 118 Å². The summed E-state index contributed by atoms with van der Waals surface area (Å²) in [6, 6.07) is 4.20. The van der Waals surface area contributed by atoms with Gasteiger partial charge in [-0.15, -0.1) is 0 Å². The van der Waals surface area contributed by atoms with Gasteiger partial charge in [0.15, 0.2) is 0 Å². The van der Waals surface area contributed by atoms with E-state index in [1.807, 2.05) is 10.9 Å². The molecule has 0 saturated carbocycles. The molecular weight excluding hydrogens is 256 g/mol. The number of likely N-dealkylation sites (N-methyl/N-ethyl adjacent to an activating group) is 1. The molecule has 2 rings (SSSR count). The van der Waals surface area contributed by atoms with E-state index in [1.165, 1.54) is 5.56 Å². The normalized spacial score (nSPS) is 11.6. The molecule has 0 aliphatic heterocycles. The standard InChI is InChI=1S/C15H22N2OS/c1-5-16(6-2)7-8-17-15(18)14-12(4)9-11(3)10-13(14)19-17/h9-10H,5-8H2,1-4H3. The number of fused-ring (bicyclic) bond motifs is 1. The molecule has 4 heteroatoms. The Balaban J connectivity index is 2.33. The second-order valence-electron chi connectivity index (χ2n) is 4.98. The third-order valence-electron chi connectivity index (χ3n) is 3.61. The van der Waals surface area contributed by atoms with Gasteiger partial charge in [0.1, 0.15) is 0 Å². The van der Waals surface area contributed by atoms with Crippen molar-refractivity contribution in [3.63, 3.8) is 0 Å². The molecule has 1 aromatic carbocycles. The van der Waals surface area contributed by atoms with Crippen molar-refractivity contribution < 1.29 is 0 Å². The second kappa shape index (κ2) is 5.88. The van der Waals surface area contributed by atoms with Crippen LogP contribution in [-0.2, 0) is 6.54 Å². The minimum atomic E-state index is 0.171. The van der Waals surface area contributed by atoms with Gasteiger partial charge in [0.05, 0.1) is 10.1 Å².